The number of rotatable bonds is 1. The van der Waals surface area contributed by atoms with Gasteiger partial charge in [-0.2, -0.15) is 0 Å². The van der Waals surface area contributed by atoms with Crippen LogP contribution < -0.4 is 0 Å². The molecule has 122 valence electrons. The van der Waals surface area contributed by atoms with Gasteiger partial charge in [0, 0.05) is 23.3 Å². The van der Waals surface area contributed by atoms with Crippen LogP contribution in [0.2, 0.25) is 0 Å². The number of benzene rings is 2. The molecule has 1 aliphatic rings. The zero-order valence-electron chi connectivity index (χ0n) is 14.4. The molecule has 2 nitrogen and oxygen atoms in total. The zero-order valence-corrected chi connectivity index (χ0v) is 14.4. The van der Waals surface area contributed by atoms with Gasteiger partial charge in [0.15, 0.2) is 0 Å². The first-order chi connectivity index (χ1) is 12.3. The van der Waals surface area contributed by atoms with Gasteiger partial charge in [-0.15, -0.1) is 0 Å². The lowest BCUT2D eigenvalue weighted by Crippen LogP contribution is -2.14. The lowest BCUT2D eigenvalue weighted by molar-refractivity contribution is 0.503. The predicted octanol–water partition coefficient (Wildman–Crippen LogP) is 5.57. The van der Waals surface area contributed by atoms with E-state index in [4.69, 9.17) is 4.98 Å². The van der Waals surface area contributed by atoms with Crippen molar-refractivity contribution in [2.45, 2.75) is 26.2 Å². The Morgan fingerprint density at radius 2 is 1.88 bits per heavy atom. The van der Waals surface area contributed by atoms with E-state index in [0.29, 0.717) is 0 Å². The fraction of sp³-hybridized carbons (Fsp3) is 0.217. The van der Waals surface area contributed by atoms with E-state index in [-0.39, 0.29) is 0 Å². The SMILES string of the molecule is C[C@@H]1CCc2c(-c3cccnc3)nc3ccc4ccccc4c3c2C1. The molecule has 2 aromatic heterocycles. The Hall–Kier alpha value is -2.74. The van der Waals surface area contributed by atoms with E-state index in [0.717, 1.165) is 35.5 Å². The van der Waals surface area contributed by atoms with Crippen LogP contribution in [0.25, 0.3) is 32.9 Å². The van der Waals surface area contributed by atoms with Crippen molar-refractivity contribution in [2.24, 2.45) is 5.92 Å². The number of pyridine rings is 2. The second-order valence-corrected chi connectivity index (χ2v) is 7.19. The number of hydrogen-bond donors (Lipinski definition) is 0. The van der Waals surface area contributed by atoms with E-state index in [1.54, 1.807) is 0 Å². The first kappa shape index (κ1) is 14.6. The van der Waals surface area contributed by atoms with Gasteiger partial charge >= 0.3 is 0 Å². The molecule has 5 rings (SSSR count). The smallest absolute Gasteiger partial charge is 0.0759 e. The van der Waals surface area contributed by atoms with Crippen LogP contribution in [-0.2, 0) is 12.8 Å². The van der Waals surface area contributed by atoms with Crippen LogP contribution in [0, 0.1) is 5.92 Å². The van der Waals surface area contributed by atoms with E-state index in [9.17, 15) is 0 Å². The molecule has 0 aliphatic heterocycles. The van der Waals surface area contributed by atoms with Crippen LogP contribution in [0.4, 0.5) is 0 Å². The highest BCUT2D eigenvalue weighted by molar-refractivity contribution is 6.09. The van der Waals surface area contributed by atoms with E-state index in [2.05, 4.69) is 54.4 Å². The largest absolute Gasteiger partial charge is 0.264 e. The van der Waals surface area contributed by atoms with Crippen LogP contribution in [0.15, 0.2) is 60.9 Å². The highest BCUT2D eigenvalue weighted by atomic mass is 14.7. The van der Waals surface area contributed by atoms with Crippen LogP contribution in [0.3, 0.4) is 0 Å². The summed E-state index contributed by atoms with van der Waals surface area (Å²) in [5.41, 5.74) is 6.28. The van der Waals surface area contributed by atoms with Crippen LogP contribution >= 0.6 is 0 Å². The molecule has 0 saturated carbocycles. The highest BCUT2D eigenvalue weighted by Gasteiger charge is 2.23. The summed E-state index contributed by atoms with van der Waals surface area (Å²) >= 11 is 0. The van der Waals surface area contributed by atoms with Crippen LogP contribution in [0.1, 0.15) is 24.5 Å². The number of hydrogen-bond acceptors (Lipinski definition) is 2. The fourth-order valence-electron chi connectivity index (χ4n) is 4.23. The van der Waals surface area contributed by atoms with Gasteiger partial charge < -0.3 is 0 Å². The van der Waals surface area contributed by atoms with Gasteiger partial charge in [0.2, 0.25) is 0 Å². The molecule has 0 saturated heterocycles. The minimum absolute atomic E-state index is 0.721. The van der Waals surface area contributed by atoms with Crippen molar-refractivity contribution in [3.05, 3.63) is 72.1 Å². The Morgan fingerprint density at radius 1 is 0.960 bits per heavy atom. The monoisotopic (exact) mass is 324 g/mol. The van der Waals surface area contributed by atoms with E-state index < -0.39 is 0 Å². The highest BCUT2D eigenvalue weighted by Crippen LogP contribution is 2.39. The first-order valence-electron chi connectivity index (χ1n) is 9.05. The molecule has 0 N–H and O–H groups in total. The summed E-state index contributed by atoms with van der Waals surface area (Å²) in [4.78, 5) is 9.41. The Morgan fingerprint density at radius 3 is 2.76 bits per heavy atom. The topological polar surface area (TPSA) is 25.8 Å². The van der Waals surface area contributed by atoms with Crippen molar-refractivity contribution in [3.63, 3.8) is 0 Å². The predicted molar refractivity (Wildman–Crippen MR) is 104 cm³/mol. The maximum absolute atomic E-state index is 5.09. The van der Waals surface area contributed by atoms with Crippen molar-refractivity contribution in [1.29, 1.82) is 0 Å². The first-order valence-corrected chi connectivity index (χ1v) is 9.05. The standard InChI is InChI=1S/C23H20N2/c1-15-8-10-19-20(13-15)22-18-7-3-2-5-16(18)9-11-21(22)25-23(19)17-6-4-12-24-14-17/h2-7,9,11-12,14-15H,8,10,13H2,1H3/t15-/m1/s1. The minimum Gasteiger partial charge on any atom is -0.264 e. The molecule has 0 unspecified atom stereocenters. The molecule has 25 heavy (non-hydrogen) atoms. The van der Waals surface area contributed by atoms with Crippen molar-refractivity contribution in [2.75, 3.05) is 0 Å². The van der Waals surface area contributed by atoms with Gasteiger partial charge in [-0.1, -0.05) is 37.3 Å². The number of fused-ring (bicyclic) bond motifs is 5. The summed E-state index contributed by atoms with van der Waals surface area (Å²) in [6.45, 7) is 2.37. The maximum atomic E-state index is 5.09. The van der Waals surface area contributed by atoms with E-state index in [1.165, 1.54) is 33.7 Å². The Labute approximate surface area is 147 Å². The van der Waals surface area contributed by atoms with Gasteiger partial charge in [-0.05, 0) is 65.3 Å². The molecule has 1 atom stereocenters. The van der Waals surface area contributed by atoms with Gasteiger partial charge in [0.1, 0.15) is 0 Å². The van der Waals surface area contributed by atoms with Crippen molar-refractivity contribution < 1.29 is 0 Å². The average molecular weight is 324 g/mol. The van der Waals surface area contributed by atoms with E-state index in [1.807, 2.05) is 18.5 Å². The third-order valence-electron chi connectivity index (χ3n) is 5.47. The molecule has 2 heteroatoms. The van der Waals surface area contributed by atoms with Gasteiger partial charge in [-0.3, -0.25) is 4.98 Å². The minimum atomic E-state index is 0.721. The third kappa shape index (κ3) is 2.32. The number of aromatic nitrogens is 2. The molecule has 1 aliphatic carbocycles. The average Bonchev–Trinajstić information content (AvgIpc) is 2.67. The summed E-state index contributed by atoms with van der Waals surface area (Å²) < 4.78 is 0. The molecule has 0 fully saturated rings. The molecule has 2 aromatic carbocycles. The quantitative estimate of drug-likeness (QED) is 0.427. The molecule has 0 radical (unpaired) electrons. The molecule has 4 aromatic rings. The number of nitrogens with zero attached hydrogens (tertiary/aromatic N) is 2. The normalized spacial score (nSPS) is 16.9. The van der Waals surface area contributed by atoms with Crippen molar-refractivity contribution >= 4 is 21.7 Å². The summed E-state index contributed by atoms with van der Waals surface area (Å²) in [6, 6.07) is 17.2. The van der Waals surface area contributed by atoms with Gasteiger partial charge in [0.05, 0.1) is 11.2 Å². The van der Waals surface area contributed by atoms with Gasteiger partial charge in [0.25, 0.3) is 0 Å². The Kier molecular flexibility index (Phi) is 3.30. The molecular weight excluding hydrogens is 304 g/mol. The Bertz CT molecular complexity index is 1080. The van der Waals surface area contributed by atoms with E-state index >= 15 is 0 Å². The van der Waals surface area contributed by atoms with Gasteiger partial charge in [-0.25, -0.2) is 4.98 Å². The molecular formula is C23H20N2. The summed E-state index contributed by atoms with van der Waals surface area (Å²) in [6.07, 6.45) is 7.24. The molecule has 0 amide bonds. The summed E-state index contributed by atoms with van der Waals surface area (Å²) in [5, 5.41) is 3.98. The Balaban J connectivity index is 1.91. The molecule has 2 heterocycles. The maximum Gasteiger partial charge on any atom is 0.0759 e. The second-order valence-electron chi connectivity index (χ2n) is 7.19. The molecule has 0 spiro atoms. The van der Waals surface area contributed by atoms with Crippen molar-refractivity contribution in [1.82, 2.24) is 9.97 Å². The third-order valence-corrected chi connectivity index (χ3v) is 5.47. The van der Waals surface area contributed by atoms with Crippen LogP contribution in [0.5, 0.6) is 0 Å². The fourth-order valence-corrected chi connectivity index (χ4v) is 4.23. The second kappa shape index (κ2) is 5.66. The van der Waals surface area contributed by atoms with Crippen LogP contribution in [-0.4, -0.2) is 9.97 Å². The lowest BCUT2D eigenvalue weighted by atomic mass is 9.80. The molecule has 0 bridgehead atoms. The lowest BCUT2D eigenvalue weighted by Gasteiger charge is -2.26. The zero-order chi connectivity index (χ0) is 16.8. The summed E-state index contributed by atoms with van der Waals surface area (Å²) in [7, 11) is 0. The summed E-state index contributed by atoms with van der Waals surface area (Å²) in [5.74, 6) is 0.721. The van der Waals surface area contributed by atoms with Crippen molar-refractivity contribution in [3.8, 4) is 11.3 Å².